The third kappa shape index (κ3) is 3.33. The largest absolute Gasteiger partial charge is 0.300 e. The van der Waals surface area contributed by atoms with Crippen LogP contribution in [-0.2, 0) is 4.79 Å². The first-order valence-corrected chi connectivity index (χ1v) is 7.57. The van der Waals surface area contributed by atoms with E-state index in [1.807, 2.05) is 0 Å². The van der Waals surface area contributed by atoms with E-state index < -0.39 is 22.9 Å². The molecular weight excluding hydrogens is 325 g/mol. The number of nitrogens with zero attached hydrogens (tertiary/aromatic N) is 2. The van der Waals surface area contributed by atoms with Gasteiger partial charge in [-0.2, -0.15) is 0 Å². The zero-order valence-electron chi connectivity index (χ0n) is 11.7. The molecule has 1 aromatic heterocycles. The van der Waals surface area contributed by atoms with Gasteiger partial charge in [-0.15, -0.1) is 11.3 Å². The number of rotatable bonds is 4. The lowest BCUT2D eigenvalue weighted by atomic mass is 10.1. The van der Waals surface area contributed by atoms with Crippen molar-refractivity contribution in [3.05, 3.63) is 45.6 Å². The highest BCUT2D eigenvalue weighted by Crippen LogP contribution is 2.25. The highest BCUT2D eigenvalue weighted by atomic mass is 32.1. The topological polar surface area (TPSA) is 109 Å². The molecule has 1 saturated heterocycles. The summed E-state index contributed by atoms with van der Waals surface area (Å²) in [5.41, 5.74) is 6.49. The van der Waals surface area contributed by atoms with Crippen molar-refractivity contribution in [2.24, 2.45) is 0 Å². The number of hydrazine groups is 1. The summed E-state index contributed by atoms with van der Waals surface area (Å²) in [4.78, 5) is 26.7. The minimum atomic E-state index is -1.04. The average Bonchev–Trinajstić information content (AvgIpc) is 3.16. The molecule has 23 heavy (non-hydrogen) atoms. The number of benzene rings is 1. The standard InChI is InChI=1S/C13H12FN5O3S/c14-8-3-1-7(2-4-8)9-6-23-13(16-9)17-12(20)11-10(19(21)22)5-15-18-11/h1-4,6,10-11,15,18H,5H2,(H,16,17,20). The molecule has 2 unspecified atom stereocenters. The van der Waals surface area contributed by atoms with Gasteiger partial charge in [-0.1, -0.05) is 0 Å². The lowest BCUT2D eigenvalue weighted by molar-refractivity contribution is -0.517. The minimum absolute atomic E-state index is 0.0732. The number of carbonyl (C=O) groups is 1. The van der Waals surface area contributed by atoms with Gasteiger partial charge in [-0.3, -0.25) is 14.9 Å². The molecule has 10 heteroatoms. The van der Waals surface area contributed by atoms with Gasteiger partial charge in [0.2, 0.25) is 0 Å². The third-order valence-electron chi connectivity index (χ3n) is 3.38. The molecule has 1 aliphatic rings. The molecule has 120 valence electrons. The maximum absolute atomic E-state index is 12.9. The Morgan fingerprint density at radius 1 is 1.43 bits per heavy atom. The monoisotopic (exact) mass is 337 g/mol. The number of hydrogen-bond acceptors (Lipinski definition) is 7. The second-order valence-electron chi connectivity index (χ2n) is 4.89. The van der Waals surface area contributed by atoms with Crippen molar-refractivity contribution in [3.63, 3.8) is 0 Å². The van der Waals surface area contributed by atoms with Crippen molar-refractivity contribution in [2.75, 3.05) is 11.9 Å². The quantitative estimate of drug-likeness (QED) is 0.567. The first-order chi connectivity index (χ1) is 11.0. The summed E-state index contributed by atoms with van der Waals surface area (Å²) < 4.78 is 12.9. The summed E-state index contributed by atoms with van der Waals surface area (Å²) in [6, 6.07) is 3.81. The first kappa shape index (κ1) is 15.5. The zero-order valence-corrected chi connectivity index (χ0v) is 12.5. The van der Waals surface area contributed by atoms with Gasteiger partial charge in [0.05, 0.1) is 12.2 Å². The molecule has 2 atom stereocenters. The Morgan fingerprint density at radius 2 is 2.17 bits per heavy atom. The lowest BCUT2D eigenvalue weighted by Gasteiger charge is -2.10. The highest BCUT2D eigenvalue weighted by Gasteiger charge is 2.41. The number of hydrogen-bond donors (Lipinski definition) is 3. The fourth-order valence-electron chi connectivity index (χ4n) is 2.19. The number of halogens is 1. The Hall–Kier alpha value is -2.43. The van der Waals surface area contributed by atoms with Gasteiger partial charge in [0.25, 0.3) is 11.9 Å². The summed E-state index contributed by atoms with van der Waals surface area (Å²) in [5, 5.41) is 15.5. The van der Waals surface area contributed by atoms with Crippen molar-refractivity contribution < 1.29 is 14.1 Å². The summed E-state index contributed by atoms with van der Waals surface area (Å²) in [7, 11) is 0. The Morgan fingerprint density at radius 3 is 2.87 bits per heavy atom. The fourth-order valence-corrected chi connectivity index (χ4v) is 2.91. The summed E-state index contributed by atoms with van der Waals surface area (Å²) >= 11 is 1.19. The average molecular weight is 337 g/mol. The van der Waals surface area contributed by atoms with Crippen LogP contribution in [0.15, 0.2) is 29.6 Å². The minimum Gasteiger partial charge on any atom is -0.300 e. The van der Waals surface area contributed by atoms with Gasteiger partial charge in [-0.05, 0) is 24.3 Å². The van der Waals surface area contributed by atoms with Crippen molar-refractivity contribution in [3.8, 4) is 11.3 Å². The van der Waals surface area contributed by atoms with E-state index in [0.717, 1.165) is 0 Å². The number of aromatic nitrogens is 1. The fraction of sp³-hybridized carbons (Fsp3) is 0.231. The lowest BCUT2D eigenvalue weighted by Crippen LogP contribution is -2.46. The van der Waals surface area contributed by atoms with Crippen LogP contribution >= 0.6 is 11.3 Å². The normalized spacial score (nSPS) is 20.4. The van der Waals surface area contributed by atoms with E-state index in [1.54, 1.807) is 17.5 Å². The first-order valence-electron chi connectivity index (χ1n) is 6.69. The number of nitrogens with one attached hydrogen (secondary N) is 3. The van der Waals surface area contributed by atoms with Crippen LogP contribution in [0.4, 0.5) is 9.52 Å². The van der Waals surface area contributed by atoms with Crippen LogP contribution in [0, 0.1) is 15.9 Å². The maximum atomic E-state index is 12.9. The van der Waals surface area contributed by atoms with Crippen LogP contribution in [0.1, 0.15) is 0 Å². The predicted octanol–water partition coefficient (Wildman–Crippen LogP) is 1.01. The smallest absolute Gasteiger partial charge is 0.252 e. The predicted molar refractivity (Wildman–Crippen MR) is 81.8 cm³/mol. The van der Waals surface area contributed by atoms with Crippen molar-refractivity contribution in [1.29, 1.82) is 0 Å². The number of amides is 1. The molecule has 0 bridgehead atoms. The molecule has 0 spiro atoms. The van der Waals surface area contributed by atoms with E-state index in [1.165, 1.54) is 23.5 Å². The van der Waals surface area contributed by atoms with Gasteiger partial charge in [-0.25, -0.2) is 20.2 Å². The van der Waals surface area contributed by atoms with Crippen LogP contribution in [0.2, 0.25) is 0 Å². The van der Waals surface area contributed by atoms with Crippen LogP contribution in [-0.4, -0.2) is 34.4 Å². The van der Waals surface area contributed by atoms with Crippen LogP contribution < -0.4 is 16.2 Å². The molecule has 0 radical (unpaired) electrons. The molecule has 1 amide bonds. The summed E-state index contributed by atoms with van der Waals surface area (Å²) in [6.07, 6.45) is 0. The number of carbonyl (C=O) groups excluding carboxylic acids is 1. The summed E-state index contributed by atoms with van der Waals surface area (Å²) in [5.74, 6) is -0.875. The van der Waals surface area contributed by atoms with E-state index in [4.69, 9.17) is 0 Å². The summed E-state index contributed by atoms with van der Waals surface area (Å²) in [6.45, 7) is 0.0732. The van der Waals surface area contributed by atoms with E-state index in [9.17, 15) is 19.3 Å². The number of thiazole rings is 1. The van der Waals surface area contributed by atoms with E-state index in [0.29, 0.717) is 16.4 Å². The zero-order chi connectivity index (χ0) is 16.4. The maximum Gasteiger partial charge on any atom is 0.252 e. The Kier molecular flexibility index (Phi) is 4.28. The van der Waals surface area contributed by atoms with Crippen molar-refractivity contribution in [1.82, 2.24) is 15.8 Å². The van der Waals surface area contributed by atoms with E-state index in [2.05, 4.69) is 21.2 Å². The van der Waals surface area contributed by atoms with Gasteiger partial charge < -0.3 is 5.32 Å². The van der Waals surface area contributed by atoms with E-state index in [-0.39, 0.29) is 12.4 Å². The van der Waals surface area contributed by atoms with E-state index >= 15 is 0 Å². The second kappa shape index (κ2) is 6.36. The molecule has 0 aliphatic carbocycles. The number of anilines is 1. The second-order valence-corrected chi connectivity index (χ2v) is 5.75. The van der Waals surface area contributed by atoms with Crippen molar-refractivity contribution in [2.45, 2.75) is 12.1 Å². The molecule has 0 saturated carbocycles. The number of nitro groups is 1. The van der Waals surface area contributed by atoms with Crippen LogP contribution in [0.5, 0.6) is 0 Å². The highest BCUT2D eigenvalue weighted by molar-refractivity contribution is 7.14. The molecule has 3 rings (SSSR count). The third-order valence-corrected chi connectivity index (χ3v) is 4.14. The van der Waals surface area contributed by atoms with Gasteiger partial charge in [0.1, 0.15) is 5.82 Å². The SMILES string of the molecule is O=C(Nc1nc(-c2ccc(F)cc2)cs1)C1NNCC1[N+](=O)[O-]. The van der Waals surface area contributed by atoms with Gasteiger partial charge >= 0.3 is 0 Å². The molecule has 1 fully saturated rings. The molecule has 1 aliphatic heterocycles. The molecule has 2 aromatic rings. The molecular formula is C13H12FN5O3S. The van der Waals surface area contributed by atoms with Crippen LogP contribution in [0.25, 0.3) is 11.3 Å². The van der Waals surface area contributed by atoms with Gasteiger partial charge in [0.15, 0.2) is 11.2 Å². The molecule has 3 N–H and O–H groups in total. The van der Waals surface area contributed by atoms with Crippen molar-refractivity contribution >= 4 is 22.4 Å². The Labute approximate surface area is 133 Å². The molecule has 8 nitrogen and oxygen atoms in total. The van der Waals surface area contributed by atoms with Gasteiger partial charge in [0, 0.05) is 15.9 Å². The molecule has 1 aromatic carbocycles. The Balaban J connectivity index is 1.70. The Bertz CT molecular complexity index is 735. The van der Waals surface area contributed by atoms with Crippen LogP contribution in [0.3, 0.4) is 0 Å². The molecule has 2 heterocycles.